The molecule has 5 nitrogen and oxygen atoms in total. The van der Waals surface area contributed by atoms with E-state index in [0.29, 0.717) is 24.5 Å². The Morgan fingerprint density at radius 1 is 1.03 bits per heavy atom. The zero-order chi connectivity index (χ0) is 23.4. The molecular formula is C27H28FN3O2. The molecule has 0 aliphatic carbocycles. The first-order valence-electron chi connectivity index (χ1n) is 11.2. The minimum Gasteiger partial charge on any atom is -0.324 e. The minimum absolute atomic E-state index is 0.0523. The predicted octanol–water partition coefficient (Wildman–Crippen LogP) is 5.71. The number of benzene rings is 3. The highest BCUT2D eigenvalue weighted by atomic mass is 19.1. The highest BCUT2D eigenvalue weighted by molar-refractivity contribution is 6.01. The van der Waals surface area contributed by atoms with Crippen LogP contribution < -0.4 is 10.2 Å². The second-order valence-electron chi connectivity index (χ2n) is 8.44. The van der Waals surface area contributed by atoms with Crippen LogP contribution in [-0.2, 0) is 11.2 Å². The average Bonchev–Trinajstić information content (AvgIpc) is 2.81. The van der Waals surface area contributed by atoms with E-state index < -0.39 is 0 Å². The molecule has 0 saturated carbocycles. The van der Waals surface area contributed by atoms with Gasteiger partial charge < -0.3 is 10.2 Å². The van der Waals surface area contributed by atoms with Crippen molar-refractivity contribution in [2.24, 2.45) is 0 Å². The third kappa shape index (κ3) is 5.22. The Bertz CT molecular complexity index is 1130. The zero-order valence-electron chi connectivity index (χ0n) is 18.9. The lowest BCUT2D eigenvalue weighted by molar-refractivity contribution is -0.115. The molecular weight excluding hydrogens is 417 g/mol. The van der Waals surface area contributed by atoms with Crippen LogP contribution in [0.5, 0.6) is 0 Å². The number of halogens is 1. The number of rotatable bonds is 6. The third-order valence-corrected chi connectivity index (χ3v) is 6.00. The maximum absolute atomic E-state index is 13.5. The van der Waals surface area contributed by atoms with Crippen molar-refractivity contribution in [3.8, 4) is 0 Å². The van der Waals surface area contributed by atoms with Crippen LogP contribution in [0.25, 0.3) is 0 Å². The molecule has 0 spiro atoms. The SMILES string of the molecule is Cc1ccc(N2CCCN([C@H](C)c3ccccc3)C2=O)c(NC(=O)Cc2ccc(F)cc2)c1. The van der Waals surface area contributed by atoms with E-state index in [-0.39, 0.29) is 30.2 Å². The van der Waals surface area contributed by atoms with Crippen LogP contribution in [0.4, 0.5) is 20.6 Å². The second-order valence-corrected chi connectivity index (χ2v) is 8.44. The van der Waals surface area contributed by atoms with Gasteiger partial charge in [-0.2, -0.15) is 0 Å². The number of anilines is 2. The van der Waals surface area contributed by atoms with E-state index in [9.17, 15) is 14.0 Å². The van der Waals surface area contributed by atoms with E-state index >= 15 is 0 Å². The summed E-state index contributed by atoms with van der Waals surface area (Å²) in [6, 6.07) is 21.5. The highest BCUT2D eigenvalue weighted by Gasteiger charge is 2.32. The van der Waals surface area contributed by atoms with Gasteiger partial charge in [-0.1, -0.05) is 48.5 Å². The molecule has 4 rings (SSSR count). The maximum Gasteiger partial charge on any atom is 0.325 e. The van der Waals surface area contributed by atoms with Crippen LogP contribution in [0.15, 0.2) is 72.8 Å². The van der Waals surface area contributed by atoms with Gasteiger partial charge in [-0.25, -0.2) is 9.18 Å². The predicted molar refractivity (Wildman–Crippen MR) is 129 cm³/mol. The van der Waals surface area contributed by atoms with Gasteiger partial charge in [-0.3, -0.25) is 9.69 Å². The first-order valence-corrected chi connectivity index (χ1v) is 11.2. The monoisotopic (exact) mass is 445 g/mol. The molecule has 3 aromatic rings. The van der Waals surface area contributed by atoms with Crippen molar-refractivity contribution in [1.29, 1.82) is 0 Å². The Kier molecular flexibility index (Phi) is 6.73. The first-order chi connectivity index (χ1) is 15.9. The molecule has 0 radical (unpaired) electrons. The molecule has 1 atom stereocenters. The third-order valence-electron chi connectivity index (χ3n) is 6.00. The van der Waals surface area contributed by atoms with Gasteiger partial charge in [-0.05, 0) is 61.2 Å². The lowest BCUT2D eigenvalue weighted by Gasteiger charge is -2.39. The van der Waals surface area contributed by atoms with Crippen LogP contribution in [0.1, 0.15) is 36.1 Å². The number of nitrogens with one attached hydrogen (secondary N) is 1. The number of amides is 3. The van der Waals surface area contributed by atoms with Gasteiger partial charge in [0.2, 0.25) is 5.91 Å². The number of aryl methyl sites for hydroxylation is 1. The molecule has 6 heteroatoms. The van der Waals surface area contributed by atoms with E-state index in [1.807, 2.05) is 67.3 Å². The lowest BCUT2D eigenvalue weighted by Crippen LogP contribution is -2.50. The topological polar surface area (TPSA) is 52.6 Å². The van der Waals surface area contributed by atoms with E-state index in [1.54, 1.807) is 17.0 Å². The highest BCUT2D eigenvalue weighted by Crippen LogP contribution is 2.32. The maximum atomic E-state index is 13.5. The fourth-order valence-corrected chi connectivity index (χ4v) is 4.21. The van der Waals surface area contributed by atoms with Crippen molar-refractivity contribution in [1.82, 2.24) is 4.90 Å². The van der Waals surface area contributed by atoms with Crippen LogP contribution in [0.2, 0.25) is 0 Å². The Balaban J connectivity index is 1.55. The van der Waals surface area contributed by atoms with Crippen LogP contribution in [0, 0.1) is 12.7 Å². The Labute approximate surface area is 193 Å². The molecule has 33 heavy (non-hydrogen) atoms. The summed E-state index contributed by atoms with van der Waals surface area (Å²) in [6.07, 6.45) is 0.957. The summed E-state index contributed by atoms with van der Waals surface area (Å²) in [5.74, 6) is -0.551. The average molecular weight is 446 g/mol. The number of carbonyl (C=O) groups excluding carboxylic acids is 2. The second kappa shape index (κ2) is 9.86. The van der Waals surface area contributed by atoms with E-state index in [2.05, 4.69) is 5.32 Å². The lowest BCUT2D eigenvalue weighted by atomic mass is 10.1. The molecule has 0 unspecified atom stereocenters. The standard InChI is InChI=1S/C27H28FN3O2/c1-19-9-14-25(24(17-19)29-26(32)18-21-10-12-23(28)13-11-21)31-16-6-15-30(27(31)33)20(2)22-7-4-3-5-8-22/h3-5,7-14,17,20H,6,15-16,18H2,1-2H3,(H,29,32)/t20-/m1/s1. The van der Waals surface area contributed by atoms with Gasteiger partial charge in [0.05, 0.1) is 23.8 Å². The van der Waals surface area contributed by atoms with E-state index in [4.69, 9.17) is 0 Å². The molecule has 1 aliphatic rings. The number of urea groups is 1. The van der Waals surface area contributed by atoms with Gasteiger partial charge in [0.1, 0.15) is 5.82 Å². The molecule has 3 amide bonds. The van der Waals surface area contributed by atoms with Crippen molar-refractivity contribution >= 4 is 23.3 Å². The summed E-state index contributed by atoms with van der Waals surface area (Å²) < 4.78 is 13.2. The van der Waals surface area contributed by atoms with Crippen molar-refractivity contribution in [2.45, 2.75) is 32.7 Å². The van der Waals surface area contributed by atoms with Gasteiger partial charge in [-0.15, -0.1) is 0 Å². The van der Waals surface area contributed by atoms with Gasteiger partial charge in [0.15, 0.2) is 0 Å². The summed E-state index contributed by atoms with van der Waals surface area (Å²) in [5, 5.41) is 2.96. The Hall–Kier alpha value is -3.67. The van der Waals surface area contributed by atoms with Crippen molar-refractivity contribution in [3.05, 3.63) is 95.3 Å². The molecule has 1 fully saturated rings. The minimum atomic E-state index is -0.335. The number of hydrogen-bond acceptors (Lipinski definition) is 2. The normalized spacial score (nSPS) is 14.8. The molecule has 3 aromatic carbocycles. The summed E-state index contributed by atoms with van der Waals surface area (Å²) in [6.45, 7) is 5.25. The van der Waals surface area contributed by atoms with Crippen LogP contribution >= 0.6 is 0 Å². The summed E-state index contributed by atoms with van der Waals surface area (Å²) >= 11 is 0. The number of nitrogens with zero attached hydrogens (tertiary/aromatic N) is 2. The molecule has 1 heterocycles. The van der Waals surface area contributed by atoms with Gasteiger partial charge in [0.25, 0.3) is 0 Å². The van der Waals surface area contributed by atoms with Crippen molar-refractivity contribution < 1.29 is 14.0 Å². The quantitative estimate of drug-likeness (QED) is 0.528. The van der Waals surface area contributed by atoms with Gasteiger partial charge in [0, 0.05) is 13.1 Å². The molecule has 1 N–H and O–H groups in total. The van der Waals surface area contributed by atoms with E-state index in [0.717, 1.165) is 23.1 Å². The molecule has 170 valence electrons. The smallest absolute Gasteiger partial charge is 0.324 e. The van der Waals surface area contributed by atoms with Gasteiger partial charge >= 0.3 is 6.03 Å². The number of hydrogen-bond donors (Lipinski definition) is 1. The molecule has 0 bridgehead atoms. The Morgan fingerprint density at radius 3 is 2.48 bits per heavy atom. The largest absolute Gasteiger partial charge is 0.325 e. The van der Waals surface area contributed by atoms with Crippen LogP contribution in [0.3, 0.4) is 0 Å². The summed E-state index contributed by atoms with van der Waals surface area (Å²) in [5.41, 5.74) is 4.08. The van der Waals surface area contributed by atoms with E-state index in [1.165, 1.54) is 12.1 Å². The van der Waals surface area contributed by atoms with Crippen LogP contribution in [-0.4, -0.2) is 29.9 Å². The number of carbonyl (C=O) groups is 2. The summed E-state index contributed by atoms with van der Waals surface area (Å²) in [4.78, 5) is 29.8. The van der Waals surface area contributed by atoms with Crippen molar-refractivity contribution in [2.75, 3.05) is 23.3 Å². The molecule has 0 aromatic heterocycles. The first kappa shape index (κ1) is 22.5. The molecule has 1 aliphatic heterocycles. The fraction of sp³-hybridized carbons (Fsp3) is 0.259. The van der Waals surface area contributed by atoms with Crippen molar-refractivity contribution in [3.63, 3.8) is 0 Å². The summed E-state index contributed by atoms with van der Waals surface area (Å²) in [7, 11) is 0. The zero-order valence-corrected chi connectivity index (χ0v) is 18.9. The Morgan fingerprint density at radius 2 is 1.76 bits per heavy atom. The fourth-order valence-electron chi connectivity index (χ4n) is 4.21. The molecule has 1 saturated heterocycles.